The lowest BCUT2D eigenvalue weighted by Gasteiger charge is -2.25. The van der Waals surface area contributed by atoms with Gasteiger partial charge in [-0.3, -0.25) is 4.79 Å². The van der Waals surface area contributed by atoms with Gasteiger partial charge in [0, 0.05) is 20.0 Å². The highest BCUT2D eigenvalue weighted by molar-refractivity contribution is 5.85. The number of rotatable bonds is 11. The van der Waals surface area contributed by atoms with Crippen LogP contribution in [0, 0.1) is 0 Å². The van der Waals surface area contributed by atoms with E-state index in [-0.39, 0.29) is 12.5 Å². The van der Waals surface area contributed by atoms with Crippen molar-refractivity contribution in [3.8, 4) is 11.5 Å². The predicted molar refractivity (Wildman–Crippen MR) is 134 cm³/mol. The number of ether oxygens (including phenoxy) is 3. The number of hydrogen-bond donors (Lipinski definition) is 1. The summed E-state index contributed by atoms with van der Waals surface area (Å²) in [6.07, 6.45) is -0.295. The fourth-order valence-corrected chi connectivity index (χ4v) is 3.66. The van der Waals surface area contributed by atoms with Crippen molar-refractivity contribution in [2.75, 3.05) is 20.8 Å². The number of likely N-dealkylation sites (N-methyl/N-ethyl adjacent to an activating group) is 1. The van der Waals surface area contributed by atoms with Crippen molar-refractivity contribution in [2.24, 2.45) is 0 Å². The summed E-state index contributed by atoms with van der Waals surface area (Å²) in [6, 6.07) is 23.8. The van der Waals surface area contributed by atoms with E-state index in [0.717, 1.165) is 16.7 Å². The van der Waals surface area contributed by atoms with Gasteiger partial charge in [-0.15, -0.1) is 0 Å². The highest BCUT2D eigenvalue weighted by atomic mass is 16.5. The maximum Gasteiger partial charge on any atom is 0.408 e. The summed E-state index contributed by atoms with van der Waals surface area (Å²) < 4.78 is 16.4. The molecule has 0 saturated carbocycles. The molecule has 0 aliphatic carbocycles. The third-order valence-electron chi connectivity index (χ3n) is 5.41. The summed E-state index contributed by atoms with van der Waals surface area (Å²) in [5, 5.41) is 2.75. The molecular formula is C28H32N2O5. The molecule has 35 heavy (non-hydrogen) atoms. The van der Waals surface area contributed by atoms with Crippen molar-refractivity contribution in [2.45, 2.75) is 32.5 Å². The SMILES string of the molecule is CCOc1ccc(CN(C)C(=O)[C@@H](Cc2ccccc2)NC(=O)OCc2ccccc2)cc1OC. The van der Waals surface area contributed by atoms with Crippen LogP contribution in [0.25, 0.3) is 0 Å². The topological polar surface area (TPSA) is 77.1 Å². The number of carbonyl (C=O) groups excluding carboxylic acids is 2. The predicted octanol–water partition coefficient (Wildman–Crippen LogP) is 4.59. The van der Waals surface area contributed by atoms with Crippen molar-refractivity contribution >= 4 is 12.0 Å². The van der Waals surface area contributed by atoms with Crippen LogP contribution in [0.15, 0.2) is 78.9 Å². The Balaban J connectivity index is 1.69. The Kier molecular flexibility index (Phi) is 9.54. The first-order valence-corrected chi connectivity index (χ1v) is 11.6. The average molecular weight is 477 g/mol. The molecule has 3 aromatic rings. The lowest BCUT2D eigenvalue weighted by molar-refractivity contribution is -0.132. The van der Waals surface area contributed by atoms with E-state index in [0.29, 0.717) is 31.1 Å². The molecule has 2 amide bonds. The largest absolute Gasteiger partial charge is 0.493 e. The van der Waals surface area contributed by atoms with E-state index in [2.05, 4.69) is 5.32 Å². The standard InChI is InChI=1S/C28H32N2O5/c1-4-34-25-16-15-23(18-26(25)33-3)19-30(2)27(31)24(17-21-11-7-5-8-12-21)29-28(32)35-20-22-13-9-6-10-14-22/h5-16,18,24H,4,17,19-20H2,1-3H3,(H,29,32)/t24-/m1/s1. The van der Waals surface area contributed by atoms with Crippen LogP contribution in [0.2, 0.25) is 0 Å². The number of carbonyl (C=O) groups is 2. The maximum atomic E-state index is 13.4. The molecule has 0 unspecified atom stereocenters. The van der Waals surface area contributed by atoms with Gasteiger partial charge >= 0.3 is 6.09 Å². The average Bonchev–Trinajstić information content (AvgIpc) is 2.88. The molecule has 1 N–H and O–H groups in total. The van der Waals surface area contributed by atoms with E-state index < -0.39 is 12.1 Å². The molecule has 0 saturated heterocycles. The van der Waals surface area contributed by atoms with Gasteiger partial charge in [-0.1, -0.05) is 66.7 Å². The van der Waals surface area contributed by atoms with Gasteiger partial charge in [0.1, 0.15) is 12.6 Å². The van der Waals surface area contributed by atoms with Crippen LogP contribution in [0.1, 0.15) is 23.6 Å². The summed E-state index contributed by atoms with van der Waals surface area (Å²) in [5.41, 5.74) is 2.69. The number of amides is 2. The molecule has 0 fully saturated rings. The Bertz CT molecular complexity index is 1090. The summed E-state index contributed by atoms with van der Waals surface area (Å²) in [6.45, 7) is 2.90. The Hall–Kier alpha value is -4.00. The normalized spacial score (nSPS) is 11.3. The van der Waals surface area contributed by atoms with Crippen LogP contribution in [-0.4, -0.2) is 43.7 Å². The third kappa shape index (κ3) is 7.78. The molecule has 3 aromatic carbocycles. The molecular weight excluding hydrogens is 444 g/mol. The number of nitrogens with one attached hydrogen (secondary N) is 1. The molecule has 0 aliphatic rings. The maximum absolute atomic E-state index is 13.4. The molecule has 7 heteroatoms. The van der Waals surface area contributed by atoms with Gasteiger partial charge in [-0.25, -0.2) is 4.79 Å². The van der Waals surface area contributed by atoms with E-state index in [1.165, 1.54) is 0 Å². The molecule has 0 radical (unpaired) electrons. The van der Waals surface area contributed by atoms with E-state index >= 15 is 0 Å². The van der Waals surface area contributed by atoms with E-state index in [4.69, 9.17) is 14.2 Å². The van der Waals surface area contributed by atoms with Crippen LogP contribution >= 0.6 is 0 Å². The first-order valence-electron chi connectivity index (χ1n) is 11.6. The quantitative estimate of drug-likeness (QED) is 0.438. The van der Waals surface area contributed by atoms with Crippen LogP contribution in [0.5, 0.6) is 11.5 Å². The van der Waals surface area contributed by atoms with Gasteiger partial charge in [-0.2, -0.15) is 0 Å². The second kappa shape index (κ2) is 13.0. The van der Waals surface area contributed by atoms with Crippen molar-refractivity contribution < 1.29 is 23.8 Å². The molecule has 0 aliphatic heterocycles. The Morgan fingerprint density at radius 1 is 0.886 bits per heavy atom. The van der Waals surface area contributed by atoms with E-state index in [9.17, 15) is 9.59 Å². The van der Waals surface area contributed by atoms with Gasteiger partial charge < -0.3 is 24.4 Å². The first-order chi connectivity index (χ1) is 17.0. The zero-order chi connectivity index (χ0) is 25.0. The second-order valence-electron chi connectivity index (χ2n) is 8.06. The van der Waals surface area contributed by atoms with Crippen LogP contribution in [-0.2, 0) is 29.1 Å². The molecule has 0 spiro atoms. The minimum atomic E-state index is -0.782. The van der Waals surface area contributed by atoms with Crippen molar-refractivity contribution in [1.82, 2.24) is 10.2 Å². The zero-order valence-electron chi connectivity index (χ0n) is 20.4. The van der Waals surface area contributed by atoms with Gasteiger partial charge in [0.05, 0.1) is 13.7 Å². The lowest BCUT2D eigenvalue weighted by atomic mass is 10.0. The highest BCUT2D eigenvalue weighted by Crippen LogP contribution is 2.28. The Labute approximate surface area is 206 Å². The number of benzene rings is 3. The summed E-state index contributed by atoms with van der Waals surface area (Å²) in [5.74, 6) is 1.03. The number of hydrogen-bond acceptors (Lipinski definition) is 5. The monoisotopic (exact) mass is 476 g/mol. The number of methoxy groups -OCH3 is 1. The molecule has 0 aromatic heterocycles. The number of nitrogens with zero attached hydrogens (tertiary/aromatic N) is 1. The molecule has 1 atom stereocenters. The summed E-state index contributed by atoms with van der Waals surface area (Å²) in [7, 11) is 3.29. The van der Waals surface area contributed by atoms with Crippen LogP contribution in [0.3, 0.4) is 0 Å². The van der Waals surface area contributed by atoms with Gasteiger partial charge in [0.2, 0.25) is 5.91 Å². The van der Waals surface area contributed by atoms with Crippen molar-refractivity contribution in [3.63, 3.8) is 0 Å². The van der Waals surface area contributed by atoms with Crippen molar-refractivity contribution in [3.05, 3.63) is 95.6 Å². The number of alkyl carbamates (subject to hydrolysis) is 1. The van der Waals surface area contributed by atoms with Crippen LogP contribution < -0.4 is 14.8 Å². The minimum Gasteiger partial charge on any atom is -0.493 e. The van der Waals surface area contributed by atoms with Crippen molar-refractivity contribution in [1.29, 1.82) is 0 Å². The third-order valence-corrected chi connectivity index (χ3v) is 5.41. The molecule has 7 nitrogen and oxygen atoms in total. The van der Waals surface area contributed by atoms with Gasteiger partial charge in [0.25, 0.3) is 0 Å². The van der Waals surface area contributed by atoms with E-state index in [1.807, 2.05) is 85.8 Å². The lowest BCUT2D eigenvalue weighted by Crippen LogP contribution is -2.48. The molecule has 3 rings (SSSR count). The smallest absolute Gasteiger partial charge is 0.408 e. The van der Waals surface area contributed by atoms with E-state index in [1.54, 1.807) is 19.1 Å². The highest BCUT2D eigenvalue weighted by Gasteiger charge is 2.25. The summed E-state index contributed by atoms with van der Waals surface area (Å²) >= 11 is 0. The fraction of sp³-hybridized carbons (Fsp3) is 0.286. The Morgan fingerprint density at radius 3 is 2.17 bits per heavy atom. The van der Waals surface area contributed by atoms with Gasteiger partial charge in [0.15, 0.2) is 11.5 Å². The molecule has 0 bridgehead atoms. The van der Waals surface area contributed by atoms with Crippen LogP contribution in [0.4, 0.5) is 4.79 Å². The molecule has 184 valence electrons. The summed E-state index contributed by atoms with van der Waals surface area (Å²) in [4.78, 5) is 27.5. The fourth-order valence-electron chi connectivity index (χ4n) is 3.66. The Morgan fingerprint density at radius 2 is 1.54 bits per heavy atom. The first kappa shape index (κ1) is 25.6. The van der Waals surface area contributed by atoms with Gasteiger partial charge in [-0.05, 0) is 35.7 Å². The molecule has 0 heterocycles. The second-order valence-corrected chi connectivity index (χ2v) is 8.06. The minimum absolute atomic E-state index is 0.126. The zero-order valence-corrected chi connectivity index (χ0v) is 20.4.